The maximum Gasteiger partial charge on any atom is 0.328 e. The van der Waals surface area contributed by atoms with Crippen molar-refractivity contribution in [1.82, 2.24) is 9.97 Å². The van der Waals surface area contributed by atoms with Crippen molar-refractivity contribution in [3.05, 3.63) is 30.1 Å². The first kappa shape index (κ1) is 12.2. The van der Waals surface area contributed by atoms with Gasteiger partial charge in [-0.05, 0) is 32.1 Å². The van der Waals surface area contributed by atoms with E-state index in [0.717, 1.165) is 22.9 Å². The minimum absolute atomic E-state index is 0.104. The SMILES string of the molecule is CC(C)Oc1ccc2[nH]c(/C=C/C(=O)O)nc2c1. The quantitative estimate of drug-likeness (QED) is 0.812. The molecule has 0 atom stereocenters. The monoisotopic (exact) mass is 246 g/mol. The number of hydrogen-bond donors (Lipinski definition) is 2. The van der Waals surface area contributed by atoms with E-state index in [-0.39, 0.29) is 6.10 Å². The largest absolute Gasteiger partial charge is 0.491 e. The lowest BCUT2D eigenvalue weighted by molar-refractivity contribution is -0.131. The fourth-order valence-electron chi connectivity index (χ4n) is 1.58. The summed E-state index contributed by atoms with van der Waals surface area (Å²) in [6.45, 7) is 3.91. The third-order valence-corrected chi connectivity index (χ3v) is 2.23. The van der Waals surface area contributed by atoms with Gasteiger partial charge in [0.1, 0.15) is 11.6 Å². The second-order valence-corrected chi connectivity index (χ2v) is 4.14. The molecule has 5 heteroatoms. The zero-order chi connectivity index (χ0) is 13.1. The Morgan fingerprint density at radius 1 is 1.50 bits per heavy atom. The number of nitrogens with one attached hydrogen (secondary N) is 1. The number of carbonyl (C=O) groups is 1. The van der Waals surface area contributed by atoms with Crippen LogP contribution in [0, 0.1) is 0 Å². The molecule has 0 aliphatic heterocycles. The molecule has 0 spiro atoms. The molecule has 2 N–H and O–H groups in total. The Bertz CT molecular complexity index is 599. The van der Waals surface area contributed by atoms with Gasteiger partial charge in [0.05, 0.1) is 17.1 Å². The topological polar surface area (TPSA) is 75.2 Å². The first-order chi connectivity index (χ1) is 8.54. The Labute approximate surface area is 104 Å². The number of fused-ring (bicyclic) bond motifs is 1. The number of aromatic amines is 1. The van der Waals surface area contributed by atoms with Crippen LogP contribution in [0.25, 0.3) is 17.1 Å². The summed E-state index contributed by atoms with van der Waals surface area (Å²) in [4.78, 5) is 17.7. The molecule has 5 nitrogen and oxygen atoms in total. The Balaban J connectivity index is 2.30. The molecule has 0 amide bonds. The predicted octanol–water partition coefficient (Wildman–Crippen LogP) is 2.45. The average molecular weight is 246 g/mol. The number of aromatic nitrogens is 2. The summed E-state index contributed by atoms with van der Waals surface area (Å²) in [6.07, 6.45) is 2.57. The standard InChI is InChI=1S/C13H14N2O3/c1-8(2)18-9-3-4-10-11(7-9)15-12(14-10)5-6-13(16)17/h3-8H,1-2H3,(H,14,15)(H,16,17)/b6-5+. The summed E-state index contributed by atoms with van der Waals surface area (Å²) in [5, 5.41) is 8.54. The molecule has 1 aromatic carbocycles. The highest BCUT2D eigenvalue weighted by atomic mass is 16.5. The summed E-state index contributed by atoms with van der Waals surface area (Å²) in [5.41, 5.74) is 1.59. The van der Waals surface area contributed by atoms with Crippen molar-refractivity contribution in [2.45, 2.75) is 20.0 Å². The summed E-state index contributed by atoms with van der Waals surface area (Å²) in [5.74, 6) is 0.256. The van der Waals surface area contributed by atoms with Crippen LogP contribution in [0.15, 0.2) is 24.3 Å². The molecule has 0 saturated heterocycles. The number of rotatable bonds is 4. The molecule has 0 fully saturated rings. The van der Waals surface area contributed by atoms with E-state index in [1.165, 1.54) is 6.08 Å². The van der Waals surface area contributed by atoms with Crippen LogP contribution in [-0.2, 0) is 4.79 Å². The molecule has 2 rings (SSSR count). The number of imidazole rings is 1. The van der Waals surface area contributed by atoms with Crippen LogP contribution < -0.4 is 4.74 Å². The second-order valence-electron chi connectivity index (χ2n) is 4.14. The highest BCUT2D eigenvalue weighted by molar-refractivity contribution is 5.86. The summed E-state index contributed by atoms with van der Waals surface area (Å²) in [7, 11) is 0. The number of ether oxygens (including phenoxy) is 1. The van der Waals surface area contributed by atoms with Crippen molar-refractivity contribution in [2.75, 3.05) is 0 Å². The number of hydrogen-bond acceptors (Lipinski definition) is 3. The smallest absolute Gasteiger partial charge is 0.328 e. The van der Waals surface area contributed by atoms with Crippen molar-refractivity contribution in [3.63, 3.8) is 0 Å². The first-order valence-corrected chi connectivity index (χ1v) is 5.62. The Kier molecular flexibility index (Phi) is 3.32. The molecule has 0 aliphatic rings. The highest BCUT2D eigenvalue weighted by Gasteiger charge is 2.04. The molecular weight excluding hydrogens is 232 g/mol. The van der Waals surface area contributed by atoms with Crippen LogP contribution in [0.5, 0.6) is 5.75 Å². The first-order valence-electron chi connectivity index (χ1n) is 5.62. The number of aliphatic carboxylic acids is 1. The second kappa shape index (κ2) is 4.91. The van der Waals surface area contributed by atoms with Crippen molar-refractivity contribution >= 4 is 23.1 Å². The Morgan fingerprint density at radius 2 is 2.28 bits per heavy atom. The van der Waals surface area contributed by atoms with E-state index >= 15 is 0 Å². The predicted molar refractivity (Wildman–Crippen MR) is 68.5 cm³/mol. The van der Waals surface area contributed by atoms with E-state index in [1.54, 1.807) is 0 Å². The fraction of sp³-hybridized carbons (Fsp3) is 0.231. The van der Waals surface area contributed by atoms with Crippen LogP contribution in [0.3, 0.4) is 0 Å². The van der Waals surface area contributed by atoms with Crippen molar-refractivity contribution < 1.29 is 14.6 Å². The molecule has 0 aliphatic carbocycles. The lowest BCUT2D eigenvalue weighted by Gasteiger charge is -2.08. The molecule has 2 aromatic rings. The van der Waals surface area contributed by atoms with Gasteiger partial charge in [-0.3, -0.25) is 0 Å². The van der Waals surface area contributed by atoms with Gasteiger partial charge >= 0.3 is 5.97 Å². The molecule has 0 saturated carbocycles. The molecule has 1 aromatic heterocycles. The van der Waals surface area contributed by atoms with Gasteiger partial charge in [0, 0.05) is 12.1 Å². The minimum atomic E-state index is -1.00. The van der Waals surface area contributed by atoms with E-state index in [2.05, 4.69) is 9.97 Å². The van der Waals surface area contributed by atoms with E-state index in [0.29, 0.717) is 5.82 Å². The lowest BCUT2D eigenvalue weighted by Crippen LogP contribution is -2.05. The molecule has 0 bridgehead atoms. The van der Waals surface area contributed by atoms with Crippen LogP contribution in [0.1, 0.15) is 19.7 Å². The fourth-order valence-corrected chi connectivity index (χ4v) is 1.58. The van der Waals surface area contributed by atoms with Crippen LogP contribution >= 0.6 is 0 Å². The van der Waals surface area contributed by atoms with Crippen molar-refractivity contribution in [3.8, 4) is 5.75 Å². The number of nitrogens with zero attached hydrogens (tertiary/aromatic N) is 1. The number of carboxylic acid groups (broad SMARTS) is 1. The van der Waals surface area contributed by atoms with Gasteiger partial charge in [-0.15, -0.1) is 0 Å². The number of benzene rings is 1. The normalized spacial score (nSPS) is 11.5. The minimum Gasteiger partial charge on any atom is -0.491 e. The van der Waals surface area contributed by atoms with Crippen LogP contribution in [-0.4, -0.2) is 27.1 Å². The van der Waals surface area contributed by atoms with Gasteiger partial charge in [0.25, 0.3) is 0 Å². The third kappa shape index (κ3) is 2.88. The maximum absolute atomic E-state index is 10.4. The average Bonchev–Trinajstić information content (AvgIpc) is 2.67. The number of H-pyrrole nitrogens is 1. The van der Waals surface area contributed by atoms with E-state index < -0.39 is 5.97 Å². The van der Waals surface area contributed by atoms with Crippen molar-refractivity contribution in [2.24, 2.45) is 0 Å². The Hall–Kier alpha value is -2.30. The highest BCUT2D eigenvalue weighted by Crippen LogP contribution is 2.20. The summed E-state index contributed by atoms with van der Waals surface area (Å²) in [6, 6.07) is 5.54. The molecular formula is C13H14N2O3. The number of carboxylic acids is 1. The van der Waals surface area contributed by atoms with Gasteiger partial charge < -0.3 is 14.8 Å². The zero-order valence-corrected chi connectivity index (χ0v) is 10.2. The van der Waals surface area contributed by atoms with E-state index in [1.807, 2.05) is 32.0 Å². The summed E-state index contributed by atoms with van der Waals surface area (Å²) < 4.78 is 5.56. The van der Waals surface area contributed by atoms with Crippen LogP contribution in [0.2, 0.25) is 0 Å². The molecule has 0 radical (unpaired) electrons. The van der Waals surface area contributed by atoms with E-state index in [9.17, 15) is 4.79 Å². The van der Waals surface area contributed by atoms with Crippen LogP contribution in [0.4, 0.5) is 0 Å². The van der Waals surface area contributed by atoms with Gasteiger partial charge in [0.2, 0.25) is 0 Å². The molecule has 94 valence electrons. The van der Waals surface area contributed by atoms with Crippen molar-refractivity contribution in [1.29, 1.82) is 0 Å². The molecule has 18 heavy (non-hydrogen) atoms. The Morgan fingerprint density at radius 3 is 2.94 bits per heavy atom. The lowest BCUT2D eigenvalue weighted by atomic mass is 10.3. The molecule has 0 unspecified atom stereocenters. The van der Waals surface area contributed by atoms with Gasteiger partial charge in [-0.25, -0.2) is 9.78 Å². The van der Waals surface area contributed by atoms with Gasteiger partial charge in [0.15, 0.2) is 0 Å². The third-order valence-electron chi connectivity index (χ3n) is 2.23. The zero-order valence-electron chi connectivity index (χ0n) is 10.2. The van der Waals surface area contributed by atoms with E-state index in [4.69, 9.17) is 9.84 Å². The molecule has 1 heterocycles. The summed E-state index contributed by atoms with van der Waals surface area (Å²) >= 11 is 0. The van der Waals surface area contributed by atoms with Gasteiger partial charge in [-0.2, -0.15) is 0 Å². The maximum atomic E-state index is 10.4. The van der Waals surface area contributed by atoms with Gasteiger partial charge in [-0.1, -0.05) is 0 Å².